The van der Waals surface area contributed by atoms with Crippen molar-refractivity contribution in [3.63, 3.8) is 0 Å². The summed E-state index contributed by atoms with van der Waals surface area (Å²) in [7, 11) is 0. The van der Waals surface area contributed by atoms with Crippen molar-refractivity contribution in [1.29, 1.82) is 0 Å². The quantitative estimate of drug-likeness (QED) is 0.149. The molecule has 7 aromatic carbocycles. The standard InChI is InChI=1S/C61H39N5O3/c1-2-8-44(9-3-1)59-64-60(45-22-23-51-50-10-4-5-11-53(50)67-56(51)37-45)66-61(65-59)52-25-24-49(57-58(52)69-55-13-7-6-12-54(55)68-57)43-20-18-39(19-21-43)38-14-16-40(17-15-38)46-34-47(41-26-30-62-31-27-41)36-48(35-46)42-28-32-63-33-29-42/h1-37,54-55H. The van der Waals surface area contributed by atoms with Crippen LogP contribution < -0.4 is 9.47 Å². The maximum absolute atomic E-state index is 6.89. The summed E-state index contributed by atoms with van der Waals surface area (Å²) in [5.74, 6) is 2.76. The van der Waals surface area contributed by atoms with Gasteiger partial charge in [-0.2, -0.15) is 0 Å². The number of allylic oxidation sites excluding steroid dienone is 2. The molecule has 8 nitrogen and oxygen atoms in total. The molecule has 2 aliphatic rings. The lowest BCUT2D eigenvalue weighted by atomic mass is 9.93. The monoisotopic (exact) mass is 889 g/mol. The average molecular weight is 890 g/mol. The molecule has 0 fully saturated rings. The highest BCUT2D eigenvalue weighted by Crippen LogP contribution is 2.49. The zero-order valence-corrected chi connectivity index (χ0v) is 37.0. The summed E-state index contributed by atoms with van der Waals surface area (Å²) in [6.07, 6.45) is 14.8. The van der Waals surface area contributed by atoms with Crippen molar-refractivity contribution in [3.05, 3.63) is 225 Å². The average Bonchev–Trinajstić information content (AvgIpc) is 3.81. The Morgan fingerprint density at radius 3 is 1.41 bits per heavy atom. The number of benzene rings is 7. The minimum absolute atomic E-state index is 0.301. The second kappa shape index (κ2) is 16.9. The van der Waals surface area contributed by atoms with Crippen LogP contribution in [0.15, 0.2) is 229 Å². The highest BCUT2D eigenvalue weighted by Gasteiger charge is 2.34. The molecule has 13 rings (SSSR count). The molecule has 0 saturated heterocycles. The maximum atomic E-state index is 6.89. The summed E-state index contributed by atoms with van der Waals surface area (Å²) in [5, 5.41) is 2.10. The predicted molar refractivity (Wildman–Crippen MR) is 273 cm³/mol. The normalized spacial score (nSPS) is 14.8. The van der Waals surface area contributed by atoms with Gasteiger partial charge in [-0.1, -0.05) is 115 Å². The summed E-state index contributed by atoms with van der Waals surface area (Å²) in [4.78, 5) is 23.8. The summed E-state index contributed by atoms with van der Waals surface area (Å²) in [5.41, 5.74) is 14.8. The molecule has 8 heteroatoms. The van der Waals surface area contributed by atoms with E-state index >= 15 is 0 Å². The smallest absolute Gasteiger partial charge is 0.174 e. The van der Waals surface area contributed by atoms with Crippen LogP contribution in [0.5, 0.6) is 11.5 Å². The molecule has 11 aromatic rings. The van der Waals surface area contributed by atoms with Gasteiger partial charge in [-0.05, 0) is 135 Å². The Morgan fingerprint density at radius 2 is 0.783 bits per heavy atom. The van der Waals surface area contributed by atoms with Crippen molar-refractivity contribution >= 4 is 21.9 Å². The Hall–Kier alpha value is -9.27. The molecule has 0 N–H and O–H groups in total. The van der Waals surface area contributed by atoms with E-state index in [2.05, 4.69) is 94.9 Å². The second-order valence-corrected chi connectivity index (χ2v) is 17.2. The van der Waals surface area contributed by atoms with Gasteiger partial charge in [0.1, 0.15) is 11.2 Å². The van der Waals surface area contributed by atoms with Crippen LogP contribution >= 0.6 is 0 Å². The zero-order chi connectivity index (χ0) is 45.7. The fourth-order valence-electron chi connectivity index (χ4n) is 9.37. The summed E-state index contributed by atoms with van der Waals surface area (Å²) < 4.78 is 20.1. The van der Waals surface area contributed by atoms with Gasteiger partial charge in [0.2, 0.25) is 0 Å². The fourth-order valence-corrected chi connectivity index (χ4v) is 9.37. The summed E-state index contributed by atoms with van der Waals surface area (Å²) in [6.45, 7) is 0. The number of hydrogen-bond donors (Lipinski definition) is 0. The highest BCUT2D eigenvalue weighted by atomic mass is 16.6. The molecule has 1 aliphatic carbocycles. The van der Waals surface area contributed by atoms with E-state index in [1.807, 2.05) is 140 Å². The third-order valence-electron chi connectivity index (χ3n) is 12.9. The molecule has 0 bridgehead atoms. The predicted octanol–water partition coefficient (Wildman–Crippen LogP) is 14.5. The third kappa shape index (κ3) is 7.50. The van der Waals surface area contributed by atoms with Crippen LogP contribution in [0.25, 0.3) is 112 Å². The molecule has 0 radical (unpaired) electrons. The first kappa shape index (κ1) is 40.0. The van der Waals surface area contributed by atoms with E-state index in [1.54, 1.807) is 0 Å². The topological polar surface area (TPSA) is 96.1 Å². The summed E-state index contributed by atoms with van der Waals surface area (Å²) in [6, 6.07) is 60.6. The molecule has 4 aromatic heterocycles. The van der Waals surface area contributed by atoms with Gasteiger partial charge in [0.05, 0.1) is 5.56 Å². The lowest BCUT2D eigenvalue weighted by Gasteiger charge is -2.34. The van der Waals surface area contributed by atoms with Gasteiger partial charge in [-0.3, -0.25) is 9.97 Å². The van der Waals surface area contributed by atoms with Crippen LogP contribution in [-0.4, -0.2) is 37.1 Å². The van der Waals surface area contributed by atoms with E-state index in [0.29, 0.717) is 34.5 Å². The first-order chi connectivity index (χ1) is 34.1. The number of aromatic nitrogens is 5. The Morgan fingerprint density at radius 1 is 0.319 bits per heavy atom. The van der Waals surface area contributed by atoms with Crippen LogP contribution in [0, 0.1) is 0 Å². The zero-order valence-electron chi connectivity index (χ0n) is 37.0. The maximum Gasteiger partial charge on any atom is 0.174 e. The van der Waals surface area contributed by atoms with Crippen molar-refractivity contribution in [2.45, 2.75) is 12.2 Å². The molecule has 5 heterocycles. The Bertz CT molecular complexity index is 3720. The van der Waals surface area contributed by atoms with Crippen LogP contribution in [-0.2, 0) is 0 Å². The second-order valence-electron chi connectivity index (χ2n) is 17.2. The Balaban J connectivity index is 0.861. The number of fused-ring (bicyclic) bond motifs is 5. The number of para-hydroxylation sites is 1. The molecule has 2 unspecified atom stereocenters. The highest BCUT2D eigenvalue weighted by molar-refractivity contribution is 6.05. The Labute approximate surface area is 397 Å². The van der Waals surface area contributed by atoms with Gasteiger partial charge in [0, 0.05) is 52.3 Å². The molecular formula is C61H39N5O3. The molecule has 1 aliphatic heterocycles. The first-order valence-corrected chi connectivity index (χ1v) is 22.9. The van der Waals surface area contributed by atoms with Crippen LogP contribution in [0.4, 0.5) is 0 Å². The number of nitrogens with zero attached hydrogens (tertiary/aromatic N) is 5. The van der Waals surface area contributed by atoms with E-state index in [4.69, 9.17) is 28.8 Å². The molecular weight excluding hydrogens is 851 g/mol. The molecule has 0 amide bonds. The van der Waals surface area contributed by atoms with Crippen molar-refractivity contribution in [1.82, 2.24) is 24.9 Å². The van der Waals surface area contributed by atoms with Crippen molar-refractivity contribution in [3.8, 4) is 101 Å². The van der Waals surface area contributed by atoms with Crippen molar-refractivity contribution in [2.75, 3.05) is 0 Å². The number of furan rings is 1. The van der Waals surface area contributed by atoms with E-state index < -0.39 is 0 Å². The molecule has 0 spiro atoms. The van der Waals surface area contributed by atoms with E-state index in [-0.39, 0.29) is 12.2 Å². The Kier molecular flexibility index (Phi) is 9.79. The van der Waals surface area contributed by atoms with Crippen molar-refractivity contribution < 1.29 is 13.9 Å². The van der Waals surface area contributed by atoms with Gasteiger partial charge >= 0.3 is 0 Å². The van der Waals surface area contributed by atoms with Gasteiger partial charge in [-0.25, -0.2) is 15.0 Å². The molecule has 69 heavy (non-hydrogen) atoms. The van der Waals surface area contributed by atoms with E-state index in [1.165, 1.54) is 0 Å². The lowest BCUT2D eigenvalue weighted by molar-refractivity contribution is 0.0769. The first-order valence-electron chi connectivity index (χ1n) is 22.9. The number of pyridine rings is 2. The SMILES string of the molecule is C1=CC2Oc3c(-c4ccc(-c5ccc(-c6cc(-c7ccncc7)cc(-c7ccncc7)c6)cc5)cc4)ccc(-c4nc(-c5ccccc5)nc(-c5ccc6c(c5)oc5ccccc56)n4)c3OC2C=C1. The van der Waals surface area contributed by atoms with Gasteiger partial charge in [0.15, 0.2) is 41.2 Å². The molecule has 0 saturated carbocycles. The molecule has 326 valence electrons. The fraction of sp³-hybridized carbons (Fsp3) is 0.0328. The van der Waals surface area contributed by atoms with Crippen LogP contribution in [0.1, 0.15) is 0 Å². The van der Waals surface area contributed by atoms with Gasteiger partial charge in [0.25, 0.3) is 0 Å². The minimum Gasteiger partial charge on any atom is -0.478 e. The van der Waals surface area contributed by atoms with E-state index in [0.717, 1.165) is 88.7 Å². The third-order valence-corrected chi connectivity index (χ3v) is 12.9. The number of hydrogen-bond acceptors (Lipinski definition) is 8. The van der Waals surface area contributed by atoms with Crippen LogP contribution in [0.3, 0.4) is 0 Å². The lowest BCUT2D eigenvalue weighted by Crippen LogP contribution is -2.38. The number of ether oxygens (including phenoxy) is 2. The van der Waals surface area contributed by atoms with Gasteiger partial charge in [-0.15, -0.1) is 0 Å². The largest absolute Gasteiger partial charge is 0.478 e. The molecule has 2 atom stereocenters. The minimum atomic E-state index is -0.326. The van der Waals surface area contributed by atoms with Gasteiger partial charge < -0.3 is 13.9 Å². The number of rotatable bonds is 8. The summed E-state index contributed by atoms with van der Waals surface area (Å²) >= 11 is 0. The van der Waals surface area contributed by atoms with Crippen molar-refractivity contribution in [2.24, 2.45) is 0 Å². The van der Waals surface area contributed by atoms with E-state index in [9.17, 15) is 0 Å². The van der Waals surface area contributed by atoms with Crippen LogP contribution in [0.2, 0.25) is 0 Å².